The zero-order valence-corrected chi connectivity index (χ0v) is 13.3. The molecule has 0 saturated carbocycles. The lowest BCUT2D eigenvalue weighted by molar-refractivity contribution is 0.0553. The molecule has 8 nitrogen and oxygen atoms in total. The lowest BCUT2D eigenvalue weighted by Gasteiger charge is -2.21. The maximum absolute atomic E-state index is 12.8. The molecule has 4 rings (SSSR count). The molecule has 2 N–H and O–H groups in total. The molecule has 1 spiro atoms. The summed E-state index contributed by atoms with van der Waals surface area (Å²) >= 11 is 0. The Morgan fingerprint density at radius 1 is 1.46 bits per heavy atom. The monoisotopic (exact) mass is 330 g/mol. The first-order chi connectivity index (χ1) is 11.5. The van der Waals surface area contributed by atoms with Crippen molar-refractivity contribution in [3.05, 3.63) is 29.6 Å². The van der Waals surface area contributed by atoms with Crippen molar-refractivity contribution < 1.29 is 19.4 Å². The second-order valence-corrected chi connectivity index (χ2v) is 6.46. The maximum atomic E-state index is 12.8. The number of amides is 2. The third-order valence-corrected chi connectivity index (χ3v) is 4.67. The van der Waals surface area contributed by atoms with Gasteiger partial charge in [-0.2, -0.15) is 0 Å². The maximum Gasteiger partial charge on any atom is 0.410 e. The molecule has 2 fully saturated rings. The van der Waals surface area contributed by atoms with Crippen LogP contribution < -0.4 is 0 Å². The Morgan fingerprint density at radius 2 is 2.29 bits per heavy atom. The van der Waals surface area contributed by atoms with Gasteiger partial charge in [0, 0.05) is 25.6 Å². The van der Waals surface area contributed by atoms with Crippen LogP contribution in [0.1, 0.15) is 22.6 Å². The van der Waals surface area contributed by atoms with Crippen LogP contribution in [0.2, 0.25) is 0 Å². The zero-order valence-electron chi connectivity index (χ0n) is 13.3. The molecule has 0 aliphatic carbocycles. The van der Waals surface area contributed by atoms with E-state index in [1.165, 1.54) is 0 Å². The van der Waals surface area contributed by atoms with E-state index in [-0.39, 0.29) is 18.6 Å². The number of carbonyl (C=O) groups is 2. The van der Waals surface area contributed by atoms with Crippen molar-refractivity contribution in [1.29, 1.82) is 0 Å². The summed E-state index contributed by atoms with van der Waals surface area (Å²) in [5.74, 6) is 0.371. The molecule has 3 heterocycles. The van der Waals surface area contributed by atoms with Crippen LogP contribution in [-0.4, -0.2) is 69.2 Å². The summed E-state index contributed by atoms with van der Waals surface area (Å²) in [5, 5.41) is 9.14. The van der Waals surface area contributed by atoms with Gasteiger partial charge in [-0.3, -0.25) is 4.79 Å². The minimum Gasteiger partial charge on any atom is -0.439 e. The number of hydrogen-bond acceptors (Lipinski definition) is 5. The average Bonchev–Trinajstić information content (AvgIpc) is 3.24. The number of benzene rings is 1. The SMILES string of the molecule is CN1C[C@@]2(CCN(C(=O)c3ccc4nc(CO)[nH]c4c3)C2)OC1=O. The summed E-state index contributed by atoms with van der Waals surface area (Å²) in [5.41, 5.74) is 1.39. The van der Waals surface area contributed by atoms with Crippen LogP contribution in [-0.2, 0) is 11.3 Å². The Morgan fingerprint density at radius 3 is 3.00 bits per heavy atom. The van der Waals surface area contributed by atoms with Crippen LogP contribution in [0, 0.1) is 0 Å². The molecule has 1 atom stereocenters. The highest BCUT2D eigenvalue weighted by Crippen LogP contribution is 2.32. The molecule has 2 aliphatic rings. The lowest BCUT2D eigenvalue weighted by atomic mass is 10.0. The molecule has 24 heavy (non-hydrogen) atoms. The number of aliphatic hydroxyl groups is 1. The standard InChI is InChI=1S/C16H18N4O4/c1-19-8-16(24-15(19)23)4-5-20(9-16)14(22)10-2-3-11-12(6-10)18-13(7-21)17-11/h2-3,6,21H,4-5,7-9H2,1H3,(H,17,18)/t16-/m1/s1. The summed E-state index contributed by atoms with van der Waals surface area (Å²) < 4.78 is 5.48. The van der Waals surface area contributed by atoms with E-state index >= 15 is 0 Å². The summed E-state index contributed by atoms with van der Waals surface area (Å²) in [4.78, 5) is 34.8. The van der Waals surface area contributed by atoms with Gasteiger partial charge in [0.25, 0.3) is 5.91 Å². The number of nitrogens with one attached hydrogen (secondary N) is 1. The predicted octanol–water partition coefficient (Wildman–Crippen LogP) is 0.722. The van der Waals surface area contributed by atoms with Crippen molar-refractivity contribution in [2.24, 2.45) is 0 Å². The molecule has 1 aromatic carbocycles. The van der Waals surface area contributed by atoms with Crippen LogP contribution in [0.15, 0.2) is 18.2 Å². The van der Waals surface area contributed by atoms with E-state index in [0.29, 0.717) is 48.5 Å². The second kappa shape index (κ2) is 5.20. The number of ether oxygens (including phenoxy) is 1. The van der Waals surface area contributed by atoms with E-state index < -0.39 is 5.60 Å². The highest BCUT2D eigenvalue weighted by atomic mass is 16.6. The van der Waals surface area contributed by atoms with Crippen LogP contribution in [0.3, 0.4) is 0 Å². The minimum atomic E-state index is -0.580. The number of aromatic amines is 1. The van der Waals surface area contributed by atoms with Gasteiger partial charge >= 0.3 is 6.09 Å². The zero-order chi connectivity index (χ0) is 16.9. The van der Waals surface area contributed by atoms with Crippen molar-refractivity contribution in [2.45, 2.75) is 18.6 Å². The number of likely N-dealkylation sites (N-methyl/N-ethyl adjacent to an activating group) is 1. The Bertz CT molecular complexity index is 833. The van der Waals surface area contributed by atoms with E-state index in [4.69, 9.17) is 9.84 Å². The Balaban J connectivity index is 1.55. The number of carbonyl (C=O) groups excluding carboxylic acids is 2. The smallest absolute Gasteiger partial charge is 0.410 e. The molecule has 8 heteroatoms. The quantitative estimate of drug-likeness (QED) is 0.845. The van der Waals surface area contributed by atoms with Crippen molar-refractivity contribution in [3.8, 4) is 0 Å². The third kappa shape index (κ3) is 2.30. The summed E-state index contributed by atoms with van der Waals surface area (Å²) in [6.45, 7) is 1.30. The molecular weight excluding hydrogens is 312 g/mol. The number of hydrogen-bond donors (Lipinski definition) is 2. The van der Waals surface area contributed by atoms with Crippen molar-refractivity contribution >= 4 is 23.0 Å². The first-order valence-corrected chi connectivity index (χ1v) is 7.83. The van der Waals surface area contributed by atoms with Gasteiger partial charge in [0.05, 0.1) is 24.1 Å². The van der Waals surface area contributed by atoms with Crippen LogP contribution >= 0.6 is 0 Å². The number of rotatable bonds is 2. The fourth-order valence-electron chi connectivity index (χ4n) is 3.48. The van der Waals surface area contributed by atoms with Gasteiger partial charge < -0.3 is 24.6 Å². The minimum absolute atomic E-state index is 0.0977. The van der Waals surface area contributed by atoms with Gasteiger partial charge in [-0.15, -0.1) is 0 Å². The summed E-state index contributed by atoms with van der Waals surface area (Å²) in [7, 11) is 1.70. The predicted molar refractivity (Wildman–Crippen MR) is 84.4 cm³/mol. The Kier molecular flexibility index (Phi) is 3.24. The summed E-state index contributed by atoms with van der Waals surface area (Å²) in [6, 6.07) is 5.22. The van der Waals surface area contributed by atoms with Gasteiger partial charge in [0.2, 0.25) is 0 Å². The highest BCUT2D eigenvalue weighted by molar-refractivity contribution is 5.97. The van der Waals surface area contributed by atoms with E-state index in [0.717, 1.165) is 0 Å². The van der Waals surface area contributed by atoms with Crippen LogP contribution in [0.4, 0.5) is 4.79 Å². The Hall–Kier alpha value is -2.61. The number of imidazole rings is 1. The fourth-order valence-corrected chi connectivity index (χ4v) is 3.48. The Labute approximate surface area is 138 Å². The summed E-state index contributed by atoms with van der Waals surface area (Å²) in [6.07, 6.45) is 0.315. The molecule has 126 valence electrons. The van der Waals surface area contributed by atoms with Crippen LogP contribution in [0.25, 0.3) is 11.0 Å². The second-order valence-electron chi connectivity index (χ2n) is 6.46. The van der Waals surface area contributed by atoms with Gasteiger partial charge in [0.1, 0.15) is 12.4 Å². The topological polar surface area (TPSA) is 98.8 Å². The van der Waals surface area contributed by atoms with Crippen molar-refractivity contribution in [3.63, 3.8) is 0 Å². The van der Waals surface area contributed by atoms with E-state index in [1.807, 2.05) is 0 Å². The van der Waals surface area contributed by atoms with Crippen LogP contribution in [0.5, 0.6) is 0 Å². The van der Waals surface area contributed by atoms with E-state index in [1.54, 1.807) is 35.0 Å². The number of H-pyrrole nitrogens is 1. The lowest BCUT2D eigenvalue weighted by Crippen LogP contribution is -2.39. The molecule has 0 bridgehead atoms. The number of aliphatic hydroxyl groups excluding tert-OH is 1. The van der Waals surface area contributed by atoms with Gasteiger partial charge in [0.15, 0.2) is 5.60 Å². The number of fused-ring (bicyclic) bond motifs is 1. The number of aromatic nitrogens is 2. The first-order valence-electron chi connectivity index (χ1n) is 7.83. The average molecular weight is 330 g/mol. The third-order valence-electron chi connectivity index (χ3n) is 4.67. The highest BCUT2D eigenvalue weighted by Gasteiger charge is 2.49. The molecule has 0 radical (unpaired) electrons. The molecule has 2 aliphatic heterocycles. The van der Waals surface area contributed by atoms with Crippen molar-refractivity contribution in [2.75, 3.05) is 26.7 Å². The molecule has 2 saturated heterocycles. The molecule has 1 aromatic heterocycles. The molecule has 0 unspecified atom stereocenters. The largest absolute Gasteiger partial charge is 0.439 e. The first kappa shape index (κ1) is 14.9. The van der Waals surface area contributed by atoms with Gasteiger partial charge in [-0.1, -0.05) is 0 Å². The normalized spacial score (nSPS) is 23.5. The van der Waals surface area contributed by atoms with Crippen molar-refractivity contribution in [1.82, 2.24) is 19.8 Å². The molecular formula is C16H18N4O4. The molecule has 2 aromatic rings. The fraction of sp³-hybridized carbons (Fsp3) is 0.438. The van der Waals surface area contributed by atoms with Gasteiger partial charge in [-0.25, -0.2) is 9.78 Å². The van der Waals surface area contributed by atoms with E-state index in [9.17, 15) is 9.59 Å². The van der Waals surface area contributed by atoms with E-state index in [2.05, 4.69) is 9.97 Å². The number of likely N-dealkylation sites (tertiary alicyclic amines) is 1. The number of nitrogens with zero attached hydrogens (tertiary/aromatic N) is 3. The molecule has 2 amide bonds. The van der Waals surface area contributed by atoms with Gasteiger partial charge in [-0.05, 0) is 18.2 Å².